The lowest BCUT2D eigenvalue weighted by molar-refractivity contribution is 0.0116. The molecule has 4 aromatic rings. The maximum atomic E-state index is 6.67. The maximum absolute atomic E-state index is 6.67. The van der Waals surface area contributed by atoms with Gasteiger partial charge in [-0.2, -0.15) is 0 Å². The van der Waals surface area contributed by atoms with Gasteiger partial charge < -0.3 is 9.47 Å². The highest BCUT2D eigenvalue weighted by atomic mass is 16.5. The molecule has 0 amide bonds. The van der Waals surface area contributed by atoms with Crippen LogP contribution in [-0.4, -0.2) is 22.3 Å². The Morgan fingerprint density at radius 3 is 1.32 bits per heavy atom. The summed E-state index contributed by atoms with van der Waals surface area (Å²) in [6.45, 7) is 3.44. The van der Waals surface area contributed by atoms with E-state index in [4.69, 9.17) is 9.47 Å². The number of ether oxygens (including phenoxy) is 2. The van der Waals surface area contributed by atoms with Gasteiger partial charge in [0, 0.05) is 37.3 Å². The molecule has 0 saturated heterocycles. The monoisotopic (exact) mass is 526 g/mol. The summed E-state index contributed by atoms with van der Waals surface area (Å²) in [5.41, 5.74) is 7.73. The van der Waals surface area contributed by atoms with Gasteiger partial charge in [0.05, 0.1) is 0 Å². The Morgan fingerprint density at radius 2 is 0.900 bits per heavy atom. The van der Waals surface area contributed by atoms with Gasteiger partial charge in [0.1, 0.15) is 11.5 Å². The van der Waals surface area contributed by atoms with Crippen molar-refractivity contribution < 1.29 is 9.47 Å². The lowest BCUT2D eigenvalue weighted by Crippen LogP contribution is -2.45. The molecule has 0 N–H and O–H groups in total. The van der Waals surface area contributed by atoms with Gasteiger partial charge in [-0.05, 0) is 47.2 Å². The zero-order chi connectivity index (χ0) is 26.7. The van der Waals surface area contributed by atoms with Crippen LogP contribution in [0.25, 0.3) is 0 Å². The van der Waals surface area contributed by atoms with Gasteiger partial charge in [0.15, 0.2) is 12.5 Å². The van der Waals surface area contributed by atoms with Gasteiger partial charge >= 0.3 is 0 Å². The van der Waals surface area contributed by atoms with Gasteiger partial charge in [-0.1, -0.05) is 109 Å². The van der Waals surface area contributed by atoms with Crippen molar-refractivity contribution in [2.75, 3.05) is 0 Å². The second-order valence-corrected chi connectivity index (χ2v) is 10.9. The van der Waals surface area contributed by atoms with E-state index in [-0.39, 0.29) is 12.5 Å². The predicted molar refractivity (Wildman–Crippen MR) is 158 cm³/mol. The molecule has 0 saturated carbocycles. The molecule has 0 aromatic heterocycles. The van der Waals surface area contributed by atoms with Crippen LogP contribution in [0, 0.1) is 0 Å². The van der Waals surface area contributed by atoms with E-state index < -0.39 is 0 Å². The maximum Gasteiger partial charge on any atom is 0.175 e. The number of benzene rings is 4. The van der Waals surface area contributed by atoms with Crippen LogP contribution in [0.15, 0.2) is 132 Å². The minimum atomic E-state index is -0.0821. The Balaban J connectivity index is 1.17. The first-order valence-corrected chi connectivity index (χ1v) is 14.2. The summed E-state index contributed by atoms with van der Waals surface area (Å²) >= 11 is 0. The average molecular weight is 527 g/mol. The van der Waals surface area contributed by atoms with E-state index in [0.717, 1.165) is 50.5 Å². The molecule has 0 fully saturated rings. The number of rotatable bonds is 6. The molecule has 40 heavy (non-hydrogen) atoms. The number of fused-ring (bicyclic) bond motifs is 2. The fourth-order valence-electron chi connectivity index (χ4n) is 6.11. The van der Waals surface area contributed by atoms with E-state index in [2.05, 4.69) is 131 Å². The number of nitrogens with zero attached hydrogens (tertiary/aromatic N) is 2. The minimum absolute atomic E-state index is 0.0821. The van der Waals surface area contributed by atoms with E-state index in [9.17, 15) is 0 Å². The van der Waals surface area contributed by atoms with Crippen LogP contribution in [0.4, 0.5) is 0 Å². The van der Waals surface area contributed by atoms with Crippen molar-refractivity contribution >= 4 is 0 Å². The molecule has 4 nitrogen and oxygen atoms in total. The standard InChI is InChI=1S/C36H34N2O2/c1-3-11-27(12-4-1)23-37-25-31-15-7-9-17-33(31)39-35(37)29-19-21-30(22-20-29)36-38(24-28-13-5-2-6-14-28)26-32-16-8-10-18-34(32)40-36/h1-19,21,35-36H,20,22-26H2. The Morgan fingerprint density at radius 1 is 0.500 bits per heavy atom. The molecule has 3 aliphatic rings. The molecule has 2 aliphatic heterocycles. The van der Waals surface area contributed by atoms with Crippen molar-refractivity contribution in [3.63, 3.8) is 0 Å². The third-order valence-electron chi connectivity index (χ3n) is 8.14. The third-order valence-corrected chi connectivity index (χ3v) is 8.14. The number of hydrogen-bond donors (Lipinski definition) is 0. The van der Waals surface area contributed by atoms with Crippen LogP contribution in [0.5, 0.6) is 11.5 Å². The molecule has 0 radical (unpaired) electrons. The SMILES string of the molecule is C1=C(C2Oc3ccccc3CN2Cc2ccccc2)CCC(C2Oc3ccccc3CN2Cc2ccccc2)=C1. The van der Waals surface area contributed by atoms with Gasteiger partial charge in [0.2, 0.25) is 0 Å². The van der Waals surface area contributed by atoms with Gasteiger partial charge in [0.25, 0.3) is 0 Å². The van der Waals surface area contributed by atoms with Crippen LogP contribution in [0.1, 0.15) is 35.1 Å². The molecule has 1 aliphatic carbocycles. The van der Waals surface area contributed by atoms with Crippen molar-refractivity contribution in [1.82, 2.24) is 9.80 Å². The fraction of sp³-hybridized carbons (Fsp3) is 0.222. The molecule has 2 unspecified atom stereocenters. The van der Waals surface area contributed by atoms with Gasteiger partial charge in [-0.25, -0.2) is 0 Å². The highest BCUT2D eigenvalue weighted by molar-refractivity contribution is 5.40. The molecular formula is C36H34N2O2. The smallest absolute Gasteiger partial charge is 0.175 e. The highest BCUT2D eigenvalue weighted by Crippen LogP contribution is 2.38. The predicted octanol–water partition coefficient (Wildman–Crippen LogP) is 7.47. The normalized spacial score (nSPS) is 20.8. The highest BCUT2D eigenvalue weighted by Gasteiger charge is 2.34. The van der Waals surface area contributed by atoms with Gasteiger partial charge in [-0.15, -0.1) is 0 Å². The van der Waals surface area contributed by atoms with E-state index >= 15 is 0 Å². The van der Waals surface area contributed by atoms with E-state index in [1.807, 2.05) is 0 Å². The van der Waals surface area contributed by atoms with Crippen molar-refractivity contribution in [2.24, 2.45) is 0 Å². The van der Waals surface area contributed by atoms with Crippen LogP contribution >= 0.6 is 0 Å². The summed E-state index contributed by atoms with van der Waals surface area (Å²) < 4.78 is 13.3. The lowest BCUT2D eigenvalue weighted by Gasteiger charge is -2.41. The molecule has 4 aromatic carbocycles. The number of hydrogen-bond acceptors (Lipinski definition) is 4. The molecule has 2 atom stereocenters. The molecule has 2 heterocycles. The summed E-state index contributed by atoms with van der Waals surface area (Å²) in [6, 6.07) is 38.3. The zero-order valence-electron chi connectivity index (χ0n) is 22.7. The quantitative estimate of drug-likeness (QED) is 0.260. The van der Waals surface area contributed by atoms with Crippen molar-refractivity contribution in [2.45, 2.75) is 51.5 Å². The molecule has 0 bridgehead atoms. The van der Waals surface area contributed by atoms with Crippen LogP contribution in [-0.2, 0) is 26.2 Å². The van der Waals surface area contributed by atoms with E-state index in [1.165, 1.54) is 33.4 Å². The van der Waals surface area contributed by atoms with Crippen LogP contribution in [0.2, 0.25) is 0 Å². The van der Waals surface area contributed by atoms with Crippen molar-refractivity contribution in [3.05, 3.63) is 155 Å². The fourth-order valence-corrected chi connectivity index (χ4v) is 6.11. The largest absolute Gasteiger partial charge is 0.471 e. The molecule has 0 spiro atoms. The first-order valence-electron chi connectivity index (χ1n) is 14.2. The second-order valence-electron chi connectivity index (χ2n) is 10.9. The van der Waals surface area contributed by atoms with Crippen molar-refractivity contribution in [3.8, 4) is 11.5 Å². The molecular weight excluding hydrogens is 492 g/mol. The van der Waals surface area contributed by atoms with Gasteiger partial charge in [-0.3, -0.25) is 9.80 Å². The third kappa shape index (κ3) is 5.21. The topological polar surface area (TPSA) is 24.9 Å². The first kappa shape index (κ1) is 24.9. The first-order chi connectivity index (χ1) is 19.8. The van der Waals surface area contributed by atoms with E-state index in [0.29, 0.717) is 0 Å². The zero-order valence-corrected chi connectivity index (χ0v) is 22.7. The Kier molecular flexibility index (Phi) is 6.95. The summed E-state index contributed by atoms with van der Waals surface area (Å²) in [7, 11) is 0. The Labute approximate surface area is 236 Å². The minimum Gasteiger partial charge on any atom is -0.471 e. The molecule has 4 heteroatoms. The number of para-hydroxylation sites is 2. The van der Waals surface area contributed by atoms with Crippen molar-refractivity contribution in [1.29, 1.82) is 0 Å². The molecule has 200 valence electrons. The number of allylic oxidation sites excluding steroid dienone is 2. The molecule has 7 rings (SSSR count). The second kappa shape index (κ2) is 11.2. The Bertz CT molecular complexity index is 1410. The average Bonchev–Trinajstić information content (AvgIpc) is 3.01. The summed E-state index contributed by atoms with van der Waals surface area (Å²) in [5.74, 6) is 1.99. The summed E-state index contributed by atoms with van der Waals surface area (Å²) in [5, 5.41) is 0. The Hall–Kier alpha value is -4.12. The van der Waals surface area contributed by atoms with Crippen LogP contribution in [0.3, 0.4) is 0 Å². The summed E-state index contributed by atoms with van der Waals surface area (Å²) in [6.07, 6.45) is 6.32. The van der Waals surface area contributed by atoms with E-state index in [1.54, 1.807) is 0 Å². The summed E-state index contributed by atoms with van der Waals surface area (Å²) in [4.78, 5) is 4.91. The van der Waals surface area contributed by atoms with Crippen LogP contribution < -0.4 is 9.47 Å². The lowest BCUT2D eigenvalue weighted by atomic mass is 9.93.